The van der Waals surface area contributed by atoms with E-state index >= 15 is 0 Å². The fourth-order valence-corrected chi connectivity index (χ4v) is 4.03. The van der Waals surface area contributed by atoms with Gasteiger partial charge in [-0.25, -0.2) is 4.98 Å². The van der Waals surface area contributed by atoms with Crippen LogP contribution in [0.5, 0.6) is 0 Å². The van der Waals surface area contributed by atoms with Crippen LogP contribution in [0.25, 0.3) is 27.5 Å². The molecule has 3 aromatic heterocycles. The van der Waals surface area contributed by atoms with Crippen molar-refractivity contribution in [3.8, 4) is 5.69 Å². The van der Waals surface area contributed by atoms with Crippen LogP contribution in [0.1, 0.15) is 12.8 Å². The Labute approximate surface area is 170 Å². The lowest BCUT2D eigenvalue weighted by molar-refractivity contribution is 0.0963. The first-order chi connectivity index (χ1) is 14.1. The molecule has 0 unspecified atom stereocenters. The van der Waals surface area contributed by atoms with Gasteiger partial charge in [-0.1, -0.05) is 17.7 Å². The van der Waals surface area contributed by atoms with E-state index in [1.807, 2.05) is 12.1 Å². The summed E-state index contributed by atoms with van der Waals surface area (Å²) in [5.74, 6) is 0. The Balaban J connectivity index is 1.67. The van der Waals surface area contributed by atoms with Crippen LogP contribution in [0, 0.1) is 0 Å². The molecule has 29 heavy (non-hydrogen) atoms. The summed E-state index contributed by atoms with van der Waals surface area (Å²) in [4.78, 5) is 30.7. The van der Waals surface area contributed by atoms with Gasteiger partial charge >= 0.3 is 0 Å². The summed E-state index contributed by atoms with van der Waals surface area (Å²) >= 11 is 6.07. The van der Waals surface area contributed by atoms with Gasteiger partial charge in [0.2, 0.25) is 0 Å². The quantitative estimate of drug-likeness (QED) is 0.487. The van der Waals surface area contributed by atoms with E-state index in [9.17, 15) is 9.59 Å². The summed E-state index contributed by atoms with van der Waals surface area (Å²) in [5, 5.41) is 1.37. The van der Waals surface area contributed by atoms with Crippen molar-refractivity contribution in [1.82, 2.24) is 14.1 Å². The Kier molecular flexibility index (Phi) is 4.45. The molecule has 6 nitrogen and oxygen atoms in total. The van der Waals surface area contributed by atoms with Gasteiger partial charge in [0.1, 0.15) is 0 Å². The van der Waals surface area contributed by atoms with Gasteiger partial charge in [-0.2, -0.15) is 0 Å². The van der Waals surface area contributed by atoms with Crippen LogP contribution in [-0.2, 0) is 11.3 Å². The SMILES string of the molecule is O=c1c2cc3c(=O)n(-c4cccc(Cl)c4)ccc3nc2ccn1C[C@H]1CCCO1. The zero-order chi connectivity index (χ0) is 20.0. The zero-order valence-corrected chi connectivity index (χ0v) is 16.3. The van der Waals surface area contributed by atoms with Crippen molar-refractivity contribution in [3.63, 3.8) is 0 Å². The molecule has 0 N–H and O–H groups in total. The van der Waals surface area contributed by atoms with Crippen molar-refractivity contribution in [2.75, 3.05) is 6.61 Å². The third kappa shape index (κ3) is 3.24. The molecule has 4 aromatic rings. The van der Waals surface area contributed by atoms with Gasteiger partial charge < -0.3 is 9.30 Å². The van der Waals surface area contributed by atoms with Crippen LogP contribution in [-0.4, -0.2) is 26.8 Å². The van der Waals surface area contributed by atoms with Crippen LogP contribution in [0.15, 0.2) is 64.4 Å². The number of pyridine rings is 3. The van der Waals surface area contributed by atoms with Gasteiger partial charge in [0.15, 0.2) is 0 Å². The Morgan fingerprint density at radius 1 is 1.03 bits per heavy atom. The Hall–Kier alpha value is -2.96. The van der Waals surface area contributed by atoms with E-state index in [0.29, 0.717) is 39.1 Å². The number of benzene rings is 1. The molecule has 0 aliphatic carbocycles. The van der Waals surface area contributed by atoms with Crippen molar-refractivity contribution < 1.29 is 4.74 Å². The first kappa shape index (κ1) is 18.1. The molecule has 0 spiro atoms. The highest BCUT2D eigenvalue weighted by atomic mass is 35.5. The monoisotopic (exact) mass is 407 g/mol. The van der Waals surface area contributed by atoms with Crippen molar-refractivity contribution in [2.24, 2.45) is 0 Å². The zero-order valence-electron chi connectivity index (χ0n) is 15.5. The highest BCUT2D eigenvalue weighted by molar-refractivity contribution is 6.30. The smallest absolute Gasteiger partial charge is 0.264 e. The molecule has 0 radical (unpaired) electrons. The van der Waals surface area contributed by atoms with Crippen LogP contribution < -0.4 is 11.1 Å². The average Bonchev–Trinajstić information content (AvgIpc) is 3.23. The maximum Gasteiger partial charge on any atom is 0.264 e. The summed E-state index contributed by atoms with van der Waals surface area (Å²) in [6.45, 7) is 1.25. The van der Waals surface area contributed by atoms with Crippen LogP contribution >= 0.6 is 11.6 Å². The van der Waals surface area contributed by atoms with Crippen molar-refractivity contribution >= 4 is 33.4 Å². The van der Waals surface area contributed by atoms with E-state index in [1.165, 1.54) is 4.57 Å². The van der Waals surface area contributed by atoms with Gasteiger partial charge in [0, 0.05) is 24.0 Å². The van der Waals surface area contributed by atoms with E-state index < -0.39 is 0 Å². The average molecular weight is 408 g/mol. The van der Waals surface area contributed by atoms with Crippen LogP contribution in [0.2, 0.25) is 5.02 Å². The maximum atomic E-state index is 13.1. The fraction of sp³-hybridized carbons (Fsp3) is 0.227. The first-order valence-corrected chi connectivity index (χ1v) is 9.91. The van der Waals surface area contributed by atoms with Crippen molar-refractivity contribution in [3.05, 3.63) is 80.6 Å². The number of ether oxygens (including phenoxy) is 1. The van der Waals surface area contributed by atoms with E-state index in [-0.39, 0.29) is 17.2 Å². The summed E-state index contributed by atoms with van der Waals surface area (Å²) in [6, 6.07) is 12.3. The lowest BCUT2D eigenvalue weighted by Gasteiger charge is -2.13. The molecule has 7 heteroatoms. The second kappa shape index (κ2) is 7.13. The molecule has 1 atom stereocenters. The Bertz CT molecular complexity index is 1350. The number of aromatic nitrogens is 3. The molecule has 1 saturated heterocycles. The summed E-state index contributed by atoms with van der Waals surface area (Å²) in [7, 11) is 0. The molecule has 0 bridgehead atoms. The Morgan fingerprint density at radius 3 is 2.59 bits per heavy atom. The van der Waals surface area contributed by atoms with Gasteiger partial charge in [0.25, 0.3) is 11.1 Å². The van der Waals surface area contributed by atoms with Gasteiger partial charge in [-0.05, 0) is 49.2 Å². The van der Waals surface area contributed by atoms with E-state index in [4.69, 9.17) is 16.3 Å². The van der Waals surface area contributed by atoms with Crippen LogP contribution in [0.3, 0.4) is 0 Å². The molecule has 0 saturated carbocycles. The number of rotatable bonds is 3. The number of fused-ring (bicyclic) bond motifs is 2. The van der Waals surface area contributed by atoms with Crippen LogP contribution in [0.4, 0.5) is 0 Å². The predicted molar refractivity (Wildman–Crippen MR) is 113 cm³/mol. The largest absolute Gasteiger partial charge is 0.376 e. The first-order valence-electron chi connectivity index (χ1n) is 9.53. The minimum absolute atomic E-state index is 0.0543. The number of hydrogen-bond acceptors (Lipinski definition) is 4. The predicted octanol–water partition coefficient (Wildman–Crippen LogP) is 3.53. The molecule has 1 aliphatic rings. The summed E-state index contributed by atoms with van der Waals surface area (Å²) in [5.41, 5.74) is 1.38. The standard InChI is InChI=1S/C22H18ClN3O3/c23-14-3-1-4-15(11-14)26-9-7-20-18(22(26)28)12-17-19(24-20)6-8-25(21(17)27)13-16-5-2-10-29-16/h1,3-4,6-9,11-12,16H,2,5,10,13H2/t16-/m1/s1. The lowest BCUT2D eigenvalue weighted by atomic mass is 10.1. The molecule has 4 heterocycles. The topological polar surface area (TPSA) is 66.1 Å². The van der Waals surface area contributed by atoms with Gasteiger partial charge in [-0.15, -0.1) is 0 Å². The molecule has 1 fully saturated rings. The molecule has 5 rings (SSSR count). The molecule has 0 amide bonds. The molecular formula is C22H18ClN3O3. The minimum Gasteiger partial charge on any atom is -0.376 e. The highest BCUT2D eigenvalue weighted by Crippen LogP contribution is 2.18. The van der Waals surface area contributed by atoms with Crippen molar-refractivity contribution in [2.45, 2.75) is 25.5 Å². The number of hydrogen-bond donors (Lipinski definition) is 0. The molecule has 1 aliphatic heterocycles. The van der Waals surface area contributed by atoms with Crippen molar-refractivity contribution in [1.29, 1.82) is 0 Å². The molecule has 146 valence electrons. The van der Waals surface area contributed by atoms with E-state index in [1.54, 1.807) is 47.3 Å². The minimum atomic E-state index is -0.243. The number of nitrogens with zero attached hydrogens (tertiary/aromatic N) is 3. The molecular weight excluding hydrogens is 390 g/mol. The summed E-state index contributed by atoms with van der Waals surface area (Å²) < 4.78 is 8.80. The third-order valence-electron chi connectivity index (χ3n) is 5.33. The fourth-order valence-electron chi connectivity index (χ4n) is 3.85. The highest BCUT2D eigenvalue weighted by Gasteiger charge is 2.17. The van der Waals surface area contributed by atoms with E-state index in [2.05, 4.69) is 4.98 Å². The summed E-state index contributed by atoms with van der Waals surface area (Å²) in [6.07, 6.45) is 5.44. The second-order valence-electron chi connectivity index (χ2n) is 7.23. The van der Waals surface area contributed by atoms with Gasteiger partial charge in [-0.3, -0.25) is 14.2 Å². The van der Waals surface area contributed by atoms with E-state index in [0.717, 1.165) is 19.4 Å². The molecule has 1 aromatic carbocycles. The maximum absolute atomic E-state index is 13.1. The normalized spacial score (nSPS) is 16.7. The Morgan fingerprint density at radius 2 is 1.83 bits per heavy atom. The second-order valence-corrected chi connectivity index (χ2v) is 7.67. The number of halogens is 1. The van der Waals surface area contributed by atoms with Gasteiger partial charge in [0.05, 0.1) is 40.1 Å². The third-order valence-corrected chi connectivity index (χ3v) is 5.56. The lowest BCUT2D eigenvalue weighted by Crippen LogP contribution is -2.26.